The van der Waals surface area contributed by atoms with Crippen molar-refractivity contribution in [2.45, 2.75) is 19.3 Å². The summed E-state index contributed by atoms with van der Waals surface area (Å²) < 4.78 is 54.7. The minimum atomic E-state index is -2.91. The minimum absolute atomic E-state index is 0.00857. The average Bonchev–Trinajstić information content (AvgIpc) is 2.51. The highest BCUT2D eigenvalue weighted by molar-refractivity contribution is 5.28. The van der Waals surface area contributed by atoms with Gasteiger partial charge in [0.2, 0.25) is 0 Å². The molecule has 2 N–H and O–H groups in total. The first-order chi connectivity index (χ1) is 11.0. The number of benzene rings is 2. The Morgan fingerprint density at radius 1 is 1.04 bits per heavy atom. The van der Waals surface area contributed by atoms with Crippen molar-refractivity contribution in [3.63, 3.8) is 0 Å². The van der Waals surface area contributed by atoms with Gasteiger partial charge in [0.15, 0.2) is 11.6 Å². The summed E-state index contributed by atoms with van der Waals surface area (Å²) in [5, 5.41) is 12.8. The summed E-state index contributed by atoms with van der Waals surface area (Å²) in [5.74, 6) is -1.87. The van der Waals surface area contributed by atoms with Crippen molar-refractivity contribution in [2.75, 3.05) is 6.54 Å². The summed E-state index contributed by atoms with van der Waals surface area (Å²) in [4.78, 5) is 0. The SMILES string of the molecule is OC(CNCc1cccc(F)c1F)c1ccc(OC(F)F)cc1. The van der Waals surface area contributed by atoms with Gasteiger partial charge in [-0.2, -0.15) is 8.78 Å². The molecule has 0 bridgehead atoms. The maximum atomic E-state index is 13.4. The Morgan fingerprint density at radius 2 is 1.74 bits per heavy atom. The molecular weight excluding hydrogens is 314 g/mol. The molecule has 0 aromatic heterocycles. The van der Waals surface area contributed by atoms with Crippen LogP contribution in [-0.2, 0) is 6.54 Å². The van der Waals surface area contributed by atoms with E-state index < -0.39 is 24.3 Å². The lowest BCUT2D eigenvalue weighted by Crippen LogP contribution is -2.21. The van der Waals surface area contributed by atoms with Crippen LogP contribution in [-0.4, -0.2) is 18.3 Å². The number of ether oxygens (including phenoxy) is 1. The molecule has 0 spiro atoms. The van der Waals surface area contributed by atoms with Crippen LogP contribution in [0.1, 0.15) is 17.2 Å². The molecule has 3 nitrogen and oxygen atoms in total. The fourth-order valence-corrected chi connectivity index (χ4v) is 2.02. The third-order valence-electron chi connectivity index (χ3n) is 3.17. The third-order valence-corrected chi connectivity index (χ3v) is 3.17. The second-order valence-electron chi connectivity index (χ2n) is 4.81. The summed E-state index contributed by atoms with van der Waals surface area (Å²) in [7, 11) is 0. The zero-order valence-corrected chi connectivity index (χ0v) is 12.0. The van der Waals surface area contributed by atoms with Crippen molar-refractivity contribution >= 4 is 0 Å². The maximum absolute atomic E-state index is 13.4. The standard InChI is InChI=1S/C16H15F4NO2/c17-13-3-1-2-11(15(13)18)8-21-9-14(22)10-4-6-12(7-5-10)23-16(19)20/h1-7,14,16,21-22H,8-9H2. The lowest BCUT2D eigenvalue weighted by Gasteiger charge is -2.13. The molecule has 0 saturated heterocycles. The van der Waals surface area contributed by atoms with Crippen molar-refractivity contribution in [1.29, 1.82) is 0 Å². The van der Waals surface area contributed by atoms with E-state index in [9.17, 15) is 22.7 Å². The molecule has 0 heterocycles. The summed E-state index contributed by atoms with van der Waals surface area (Å²) in [6, 6.07) is 9.39. The zero-order chi connectivity index (χ0) is 16.8. The molecule has 0 aliphatic carbocycles. The summed E-state index contributed by atoms with van der Waals surface area (Å²) in [6.45, 7) is -2.77. The molecule has 0 radical (unpaired) electrons. The second kappa shape index (κ2) is 7.94. The fraction of sp³-hybridized carbons (Fsp3) is 0.250. The van der Waals surface area contributed by atoms with Gasteiger partial charge in [0.1, 0.15) is 5.75 Å². The molecule has 0 aliphatic rings. The van der Waals surface area contributed by atoms with Crippen molar-refractivity contribution in [1.82, 2.24) is 5.32 Å². The van der Waals surface area contributed by atoms with Gasteiger partial charge in [0, 0.05) is 18.7 Å². The first kappa shape index (κ1) is 17.2. The Morgan fingerprint density at radius 3 is 2.39 bits per heavy atom. The van der Waals surface area contributed by atoms with Crippen LogP contribution < -0.4 is 10.1 Å². The topological polar surface area (TPSA) is 41.5 Å². The van der Waals surface area contributed by atoms with Gasteiger partial charge in [-0.1, -0.05) is 24.3 Å². The Hall–Kier alpha value is -2.12. The van der Waals surface area contributed by atoms with Gasteiger partial charge >= 0.3 is 6.61 Å². The van der Waals surface area contributed by atoms with Gasteiger partial charge in [-0.25, -0.2) is 8.78 Å². The van der Waals surface area contributed by atoms with Crippen molar-refractivity contribution in [2.24, 2.45) is 0 Å². The van der Waals surface area contributed by atoms with Crippen LogP contribution >= 0.6 is 0 Å². The molecule has 1 unspecified atom stereocenters. The smallest absolute Gasteiger partial charge is 0.387 e. The van der Waals surface area contributed by atoms with Gasteiger partial charge < -0.3 is 15.2 Å². The van der Waals surface area contributed by atoms with Gasteiger partial charge in [0.25, 0.3) is 0 Å². The molecule has 124 valence electrons. The monoisotopic (exact) mass is 329 g/mol. The van der Waals surface area contributed by atoms with E-state index in [-0.39, 0.29) is 24.4 Å². The van der Waals surface area contributed by atoms with Gasteiger partial charge in [-0.3, -0.25) is 0 Å². The zero-order valence-electron chi connectivity index (χ0n) is 12.0. The number of aliphatic hydroxyl groups is 1. The van der Waals surface area contributed by atoms with Gasteiger partial charge in [-0.05, 0) is 23.8 Å². The van der Waals surface area contributed by atoms with E-state index in [1.165, 1.54) is 36.4 Å². The van der Waals surface area contributed by atoms with Crippen molar-refractivity contribution in [3.8, 4) is 5.75 Å². The van der Waals surface area contributed by atoms with Gasteiger partial charge in [0.05, 0.1) is 6.10 Å². The van der Waals surface area contributed by atoms with Crippen molar-refractivity contribution in [3.05, 3.63) is 65.2 Å². The van der Waals surface area contributed by atoms with Crippen LogP contribution in [0, 0.1) is 11.6 Å². The lowest BCUT2D eigenvalue weighted by atomic mass is 10.1. The number of rotatable bonds is 7. The van der Waals surface area contributed by atoms with E-state index in [1.807, 2.05) is 0 Å². The average molecular weight is 329 g/mol. The van der Waals surface area contributed by atoms with E-state index in [1.54, 1.807) is 0 Å². The maximum Gasteiger partial charge on any atom is 0.387 e. The first-order valence-electron chi connectivity index (χ1n) is 6.84. The van der Waals surface area contributed by atoms with E-state index in [0.29, 0.717) is 5.56 Å². The summed E-state index contributed by atoms with van der Waals surface area (Å²) in [6.07, 6.45) is -0.924. The Labute approximate surface area is 130 Å². The third kappa shape index (κ3) is 4.94. The first-order valence-corrected chi connectivity index (χ1v) is 6.84. The molecule has 2 aromatic rings. The molecule has 23 heavy (non-hydrogen) atoms. The number of nitrogens with one attached hydrogen (secondary N) is 1. The normalized spacial score (nSPS) is 12.4. The number of hydrogen-bond acceptors (Lipinski definition) is 3. The van der Waals surface area contributed by atoms with E-state index in [4.69, 9.17) is 0 Å². The molecule has 2 aromatic carbocycles. The lowest BCUT2D eigenvalue weighted by molar-refractivity contribution is -0.0498. The molecule has 0 aliphatic heterocycles. The van der Waals surface area contributed by atoms with E-state index in [0.717, 1.165) is 6.07 Å². The molecule has 7 heteroatoms. The van der Waals surface area contributed by atoms with Gasteiger partial charge in [-0.15, -0.1) is 0 Å². The molecule has 1 atom stereocenters. The fourth-order valence-electron chi connectivity index (χ4n) is 2.02. The number of hydrogen-bond donors (Lipinski definition) is 2. The largest absolute Gasteiger partial charge is 0.435 e. The molecule has 2 rings (SSSR count). The Balaban J connectivity index is 1.87. The van der Waals surface area contributed by atoms with E-state index >= 15 is 0 Å². The highest BCUT2D eigenvalue weighted by atomic mass is 19.3. The summed E-state index contributed by atoms with van der Waals surface area (Å²) >= 11 is 0. The molecular formula is C16H15F4NO2. The van der Waals surface area contributed by atoms with Crippen LogP contribution in [0.25, 0.3) is 0 Å². The predicted octanol–water partition coefficient (Wildman–Crippen LogP) is 3.39. The van der Waals surface area contributed by atoms with Crippen LogP contribution in [0.4, 0.5) is 17.6 Å². The Kier molecular flexibility index (Phi) is 5.95. The minimum Gasteiger partial charge on any atom is -0.435 e. The highest BCUT2D eigenvalue weighted by Crippen LogP contribution is 2.19. The highest BCUT2D eigenvalue weighted by Gasteiger charge is 2.11. The summed E-state index contributed by atoms with van der Waals surface area (Å²) in [5.41, 5.74) is 0.636. The van der Waals surface area contributed by atoms with Crippen molar-refractivity contribution < 1.29 is 27.4 Å². The van der Waals surface area contributed by atoms with Crippen LogP contribution in [0.15, 0.2) is 42.5 Å². The number of aliphatic hydroxyl groups excluding tert-OH is 1. The predicted molar refractivity (Wildman–Crippen MR) is 76.1 cm³/mol. The van der Waals surface area contributed by atoms with Crippen LogP contribution in [0.3, 0.4) is 0 Å². The second-order valence-corrected chi connectivity index (χ2v) is 4.81. The van der Waals surface area contributed by atoms with Crippen LogP contribution in [0.2, 0.25) is 0 Å². The Bertz CT molecular complexity index is 634. The quantitative estimate of drug-likeness (QED) is 0.765. The molecule has 0 saturated carbocycles. The number of halogens is 4. The van der Waals surface area contributed by atoms with Crippen LogP contribution in [0.5, 0.6) is 5.75 Å². The molecule has 0 fully saturated rings. The molecule has 0 amide bonds. The number of alkyl halides is 2. The van der Waals surface area contributed by atoms with E-state index in [2.05, 4.69) is 10.1 Å².